The minimum absolute atomic E-state index is 0.161. The minimum Gasteiger partial charge on any atom is -0.482 e. The van der Waals surface area contributed by atoms with Gasteiger partial charge >= 0.3 is 12.0 Å². The summed E-state index contributed by atoms with van der Waals surface area (Å²) in [6.45, 7) is 2.21. The van der Waals surface area contributed by atoms with Crippen molar-refractivity contribution in [2.24, 2.45) is 0 Å². The number of ether oxygens (including phenoxy) is 2. The summed E-state index contributed by atoms with van der Waals surface area (Å²) in [6.07, 6.45) is 0.271. The zero-order chi connectivity index (χ0) is 15.2. The molecule has 1 aliphatic heterocycles. The summed E-state index contributed by atoms with van der Waals surface area (Å²) in [5.41, 5.74) is 0.656. The van der Waals surface area contributed by atoms with E-state index in [1.807, 2.05) is 0 Å². The zero-order valence-corrected chi connectivity index (χ0v) is 11.6. The average Bonchev–Trinajstić information content (AvgIpc) is 2.46. The molecule has 0 bridgehead atoms. The number of nitrogens with one attached hydrogen (secondary N) is 1. The molecular formula is C14H16N2O5. The highest BCUT2D eigenvalue weighted by Crippen LogP contribution is 2.21. The van der Waals surface area contributed by atoms with Gasteiger partial charge in [0.05, 0.1) is 6.61 Å². The van der Waals surface area contributed by atoms with Gasteiger partial charge in [0.2, 0.25) is 5.91 Å². The lowest BCUT2D eigenvalue weighted by molar-refractivity contribution is -0.145. The predicted octanol–water partition coefficient (Wildman–Crippen LogP) is 1.07. The molecule has 0 radical (unpaired) electrons. The van der Waals surface area contributed by atoms with E-state index in [9.17, 15) is 14.4 Å². The third-order valence-electron chi connectivity index (χ3n) is 2.86. The molecule has 2 rings (SSSR count). The molecule has 3 amide bonds. The molecule has 0 aromatic heterocycles. The Morgan fingerprint density at radius 1 is 1.29 bits per heavy atom. The Morgan fingerprint density at radius 3 is 2.62 bits per heavy atom. The van der Waals surface area contributed by atoms with Crippen molar-refractivity contribution in [1.82, 2.24) is 5.32 Å². The van der Waals surface area contributed by atoms with E-state index >= 15 is 0 Å². The number of imide groups is 1. The van der Waals surface area contributed by atoms with E-state index in [1.54, 1.807) is 31.2 Å². The predicted molar refractivity (Wildman–Crippen MR) is 74.1 cm³/mol. The van der Waals surface area contributed by atoms with Crippen molar-refractivity contribution in [1.29, 1.82) is 0 Å². The van der Waals surface area contributed by atoms with E-state index in [4.69, 9.17) is 9.47 Å². The molecule has 1 N–H and O–H groups in total. The van der Waals surface area contributed by atoms with Gasteiger partial charge in [0.15, 0.2) is 6.61 Å². The van der Waals surface area contributed by atoms with Gasteiger partial charge in [0.25, 0.3) is 0 Å². The number of benzene rings is 1. The molecule has 1 saturated heterocycles. The van der Waals surface area contributed by atoms with Gasteiger partial charge in [-0.05, 0) is 31.2 Å². The Balaban J connectivity index is 1.94. The Kier molecular flexibility index (Phi) is 4.76. The van der Waals surface area contributed by atoms with Gasteiger partial charge < -0.3 is 9.47 Å². The number of hydrogen-bond donors (Lipinski definition) is 1. The molecule has 1 aliphatic rings. The quantitative estimate of drug-likeness (QED) is 0.821. The summed E-state index contributed by atoms with van der Waals surface area (Å²) in [7, 11) is 0. The first-order valence-corrected chi connectivity index (χ1v) is 6.60. The molecule has 21 heavy (non-hydrogen) atoms. The molecule has 1 heterocycles. The Morgan fingerprint density at radius 2 is 2.00 bits per heavy atom. The number of esters is 1. The maximum Gasteiger partial charge on any atom is 0.344 e. The number of carbonyl (C=O) groups excluding carboxylic acids is 3. The van der Waals surface area contributed by atoms with Crippen molar-refractivity contribution in [2.45, 2.75) is 13.3 Å². The second kappa shape index (κ2) is 6.74. The van der Waals surface area contributed by atoms with Crippen LogP contribution < -0.4 is 15.0 Å². The number of rotatable bonds is 5. The van der Waals surface area contributed by atoms with Crippen LogP contribution >= 0.6 is 0 Å². The van der Waals surface area contributed by atoms with Gasteiger partial charge in [0, 0.05) is 18.7 Å². The highest BCUT2D eigenvalue weighted by Gasteiger charge is 2.23. The number of urea groups is 1. The maximum atomic E-state index is 11.7. The normalized spacial score (nSPS) is 14.6. The van der Waals surface area contributed by atoms with Crippen LogP contribution in [0.1, 0.15) is 13.3 Å². The summed E-state index contributed by atoms with van der Waals surface area (Å²) < 4.78 is 10.0. The molecule has 0 atom stereocenters. The van der Waals surface area contributed by atoms with Crippen LogP contribution in [0.15, 0.2) is 24.3 Å². The Bertz CT molecular complexity index is 541. The molecule has 7 nitrogen and oxygen atoms in total. The third kappa shape index (κ3) is 3.95. The Hall–Kier alpha value is -2.57. The summed E-state index contributed by atoms with van der Waals surface area (Å²) in [4.78, 5) is 35.4. The van der Waals surface area contributed by atoms with Crippen molar-refractivity contribution in [2.75, 3.05) is 24.7 Å². The lowest BCUT2D eigenvalue weighted by atomic mass is 10.2. The summed E-state index contributed by atoms with van der Waals surface area (Å²) in [5.74, 6) is -0.207. The fourth-order valence-corrected chi connectivity index (χ4v) is 1.88. The summed E-state index contributed by atoms with van der Waals surface area (Å²) >= 11 is 0. The highest BCUT2D eigenvalue weighted by atomic mass is 16.6. The van der Waals surface area contributed by atoms with E-state index in [1.165, 1.54) is 4.90 Å². The molecule has 0 spiro atoms. The lowest BCUT2D eigenvalue weighted by Gasteiger charge is -2.26. The van der Waals surface area contributed by atoms with Crippen LogP contribution in [0.25, 0.3) is 0 Å². The van der Waals surface area contributed by atoms with E-state index in [0.29, 0.717) is 24.6 Å². The first kappa shape index (κ1) is 14.8. The number of anilines is 1. The number of amides is 3. The van der Waals surface area contributed by atoms with Crippen LogP contribution in [-0.2, 0) is 14.3 Å². The van der Waals surface area contributed by atoms with Crippen molar-refractivity contribution >= 4 is 23.6 Å². The van der Waals surface area contributed by atoms with E-state index < -0.39 is 12.0 Å². The summed E-state index contributed by atoms with van der Waals surface area (Å²) in [6, 6.07) is 6.24. The van der Waals surface area contributed by atoms with Gasteiger partial charge in [-0.2, -0.15) is 0 Å². The van der Waals surface area contributed by atoms with Gasteiger partial charge in [0.1, 0.15) is 5.75 Å². The van der Waals surface area contributed by atoms with Crippen LogP contribution in [0.4, 0.5) is 10.5 Å². The fourth-order valence-electron chi connectivity index (χ4n) is 1.88. The first-order valence-electron chi connectivity index (χ1n) is 6.60. The molecular weight excluding hydrogens is 276 g/mol. The van der Waals surface area contributed by atoms with Gasteiger partial charge in [-0.15, -0.1) is 0 Å². The molecule has 7 heteroatoms. The molecule has 1 aromatic rings. The van der Waals surface area contributed by atoms with Crippen LogP contribution in [0.2, 0.25) is 0 Å². The largest absolute Gasteiger partial charge is 0.482 e. The zero-order valence-electron chi connectivity index (χ0n) is 11.6. The fraction of sp³-hybridized carbons (Fsp3) is 0.357. The van der Waals surface area contributed by atoms with Crippen LogP contribution in [0, 0.1) is 0 Å². The van der Waals surface area contributed by atoms with E-state index in [-0.39, 0.29) is 18.9 Å². The molecule has 0 aliphatic carbocycles. The Labute approximate surface area is 121 Å². The summed E-state index contributed by atoms with van der Waals surface area (Å²) in [5, 5.41) is 2.25. The van der Waals surface area contributed by atoms with E-state index in [2.05, 4.69) is 5.32 Å². The van der Waals surface area contributed by atoms with Crippen LogP contribution in [-0.4, -0.2) is 37.7 Å². The molecule has 1 aromatic carbocycles. The van der Waals surface area contributed by atoms with Gasteiger partial charge in [-0.25, -0.2) is 9.59 Å². The molecule has 112 valence electrons. The molecule has 0 unspecified atom stereocenters. The van der Waals surface area contributed by atoms with Gasteiger partial charge in [-0.1, -0.05) is 0 Å². The number of carbonyl (C=O) groups is 3. The minimum atomic E-state index is -0.438. The molecule has 0 saturated carbocycles. The standard InChI is InChI=1S/C14H16N2O5/c1-2-20-13(18)9-21-11-5-3-10(4-6-11)16-8-7-12(17)15-14(16)19/h3-6H,2,7-9H2,1H3,(H,15,17,19). The van der Waals surface area contributed by atoms with Crippen molar-refractivity contribution in [3.8, 4) is 5.75 Å². The second-order valence-corrected chi connectivity index (χ2v) is 4.34. The van der Waals surface area contributed by atoms with E-state index in [0.717, 1.165) is 0 Å². The number of nitrogens with zero attached hydrogens (tertiary/aromatic N) is 1. The van der Waals surface area contributed by atoms with Crippen LogP contribution in [0.3, 0.4) is 0 Å². The average molecular weight is 292 g/mol. The third-order valence-corrected chi connectivity index (χ3v) is 2.86. The topological polar surface area (TPSA) is 84.9 Å². The SMILES string of the molecule is CCOC(=O)COc1ccc(N2CCC(=O)NC2=O)cc1. The lowest BCUT2D eigenvalue weighted by Crippen LogP contribution is -2.49. The smallest absolute Gasteiger partial charge is 0.344 e. The second-order valence-electron chi connectivity index (χ2n) is 4.34. The van der Waals surface area contributed by atoms with Crippen molar-refractivity contribution < 1.29 is 23.9 Å². The van der Waals surface area contributed by atoms with Crippen LogP contribution in [0.5, 0.6) is 5.75 Å². The molecule has 1 fully saturated rings. The van der Waals surface area contributed by atoms with Crippen molar-refractivity contribution in [3.05, 3.63) is 24.3 Å². The maximum absolute atomic E-state index is 11.7. The number of hydrogen-bond acceptors (Lipinski definition) is 5. The van der Waals surface area contributed by atoms with Gasteiger partial charge in [-0.3, -0.25) is 15.0 Å². The highest BCUT2D eigenvalue weighted by molar-refractivity contribution is 6.05. The van der Waals surface area contributed by atoms with Crippen molar-refractivity contribution in [3.63, 3.8) is 0 Å². The monoisotopic (exact) mass is 292 g/mol. The first-order chi connectivity index (χ1) is 10.1.